The van der Waals surface area contributed by atoms with E-state index in [4.69, 9.17) is 9.47 Å². The van der Waals surface area contributed by atoms with E-state index in [1.54, 1.807) is 18.2 Å². The van der Waals surface area contributed by atoms with Crippen LogP contribution in [-0.2, 0) is 17.6 Å². The topological polar surface area (TPSA) is 89.0 Å². The van der Waals surface area contributed by atoms with Gasteiger partial charge >= 0.3 is 0 Å². The summed E-state index contributed by atoms with van der Waals surface area (Å²) >= 11 is 0. The number of nitrogens with one attached hydrogen (secondary N) is 2. The van der Waals surface area contributed by atoms with E-state index in [2.05, 4.69) is 28.0 Å². The summed E-state index contributed by atoms with van der Waals surface area (Å²) in [5.41, 5.74) is 6.23. The Morgan fingerprint density at radius 1 is 1.00 bits per heavy atom. The first-order valence-corrected chi connectivity index (χ1v) is 8.52. The van der Waals surface area contributed by atoms with E-state index in [1.807, 2.05) is 12.1 Å². The number of ether oxygens (including phenoxy) is 2. The fraction of sp³-hybridized carbons (Fsp3) is 0.250. The van der Waals surface area contributed by atoms with Gasteiger partial charge in [-0.1, -0.05) is 24.3 Å². The molecule has 140 valence electrons. The summed E-state index contributed by atoms with van der Waals surface area (Å²) in [5.74, 6) is 0.210. The Morgan fingerprint density at radius 3 is 2.30 bits per heavy atom. The molecule has 1 aliphatic rings. The molecule has 0 aromatic heterocycles. The van der Waals surface area contributed by atoms with Gasteiger partial charge < -0.3 is 14.8 Å². The predicted molar refractivity (Wildman–Crippen MR) is 101 cm³/mol. The van der Waals surface area contributed by atoms with Gasteiger partial charge in [-0.25, -0.2) is 5.43 Å². The quantitative estimate of drug-likeness (QED) is 0.761. The molecule has 0 aliphatic heterocycles. The number of carbonyl (C=O) groups excluding carboxylic acids is 2. The van der Waals surface area contributed by atoms with Gasteiger partial charge in [-0.3, -0.25) is 9.59 Å². The molecule has 3 rings (SSSR count). The van der Waals surface area contributed by atoms with Crippen molar-refractivity contribution in [2.75, 3.05) is 20.8 Å². The molecule has 27 heavy (non-hydrogen) atoms. The van der Waals surface area contributed by atoms with Gasteiger partial charge in [0, 0.05) is 24.1 Å². The number of methoxy groups -OCH3 is 2. The zero-order valence-corrected chi connectivity index (χ0v) is 15.2. The fourth-order valence-corrected chi connectivity index (χ4v) is 2.90. The summed E-state index contributed by atoms with van der Waals surface area (Å²) in [5, 5.41) is 6.73. The third kappa shape index (κ3) is 4.44. The number of rotatable bonds is 6. The van der Waals surface area contributed by atoms with Crippen molar-refractivity contribution >= 4 is 17.5 Å². The first kappa shape index (κ1) is 18.4. The van der Waals surface area contributed by atoms with Crippen LogP contribution in [0.15, 0.2) is 47.6 Å². The minimum atomic E-state index is -0.382. The summed E-state index contributed by atoms with van der Waals surface area (Å²) in [6.45, 7) is -0.170. The number of nitrogens with zero attached hydrogens (tertiary/aromatic N) is 1. The summed E-state index contributed by atoms with van der Waals surface area (Å²) in [7, 11) is 3.01. The Bertz CT molecular complexity index is 866. The second kappa shape index (κ2) is 8.35. The second-order valence-electron chi connectivity index (χ2n) is 6.09. The molecule has 0 spiro atoms. The van der Waals surface area contributed by atoms with E-state index >= 15 is 0 Å². The van der Waals surface area contributed by atoms with Crippen molar-refractivity contribution in [3.05, 3.63) is 59.2 Å². The molecular weight excluding hydrogens is 346 g/mol. The summed E-state index contributed by atoms with van der Waals surface area (Å²) < 4.78 is 10.3. The van der Waals surface area contributed by atoms with Crippen molar-refractivity contribution in [1.82, 2.24) is 10.7 Å². The highest BCUT2D eigenvalue weighted by Gasteiger charge is 2.16. The Hall–Kier alpha value is -3.35. The van der Waals surface area contributed by atoms with Crippen molar-refractivity contribution in [3.8, 4) is 11.5 Å². The molecule has 2 aromatic carbocycles. The Kier molecular flexibility index (Phi) is 5.71. The van der Waals surface area contributed by atoms with Gasteiger partial charge in [0.1, 0.15) is 0 Å². The number of hydrogen-bond donors (Lipinski definition) is 2. The monoisotopic (exact) mass is 367 g/mol. The molecule has 1 aliphatic carbocycles. The number of hydrazone groups is 1. The maximum absolute atomic E-state index is 12.2. The molecule has 0 bridgehead atoms. The zero-order valence-electron chi connectivity index (χ0n) is 15.2. The molecule has 2 N–H and O–H groups in total. The minimum Gasteiger partial charge on any atom is -0.493 e. The molecule has 2 aromatic rings. The van der Waals surface area contributed by atoms with Gasteiger partial charge in [0.25, 0.3) is 11.8 Å². The van der Waals surface area contributed by atoms with Gasteiger partial charge in [0.2, 0.25) is 0 Å². The Morgan fingerprint density at radius 2 is 1.67 bits per heavy atom. The van der Waals surface area contributed by atoms with Gasteiger partial charge in [-0.05, 0) is 29.3 Å². The lowest BCUT2D eigenvalue weighted by molar-refractivity contribution is -0.120. The molecule has 0 saturated carbocycles. The van der Waals surface area contributed by atoms with Crippen molar-refractivity contribution in [1.29, 1.82) is 0 Å². The molecular formula is C20H21N3O4. The number of benzene rings is 2. The average molecular weight is 367 g/mol. The lowest BCUT2D eigenvalue weighted by atomic mass is 10.1. The maximum Gasteiger partial charge on any atom is 0.259 e. The first-order valence-electron chi connectivity index (χ1n) is 8.52. The van der Waals surface area contributed by atoms with Gasteiger partial charge in [0.05, 0.1) is 20.8 Å². The predicted octanol–water partition coefficient (Wildman–Crippen LogP) is 1.70. The van der Waals surface area contributed by atoms with Crippen LogP contribution in [0.3, 0.4) is 0 Å². The van der Waals surface area contributed by atoms with E-state index in [1.165, 1.54) is 25.3 Å². The number of hydrogen-bond acceptors (Lipinski definition) is 5. The zero-order chi connectivity index (χ0) is 19.2. The summed E-state index contributed by atoms with van der Waals surface area (Å²) in [6.07, 6.45) is 1.46. The van der Waals surface area contributed by atoms with Crippen LogP contribution in [0.25, 0.3) is 0 Å². The van der Waals surface area contributed by atoms with E-state index < -0.39 is 0 Å². The normalized spacial score (nSPS) is 12.1. The van der Waals surface area contributed by atoms with E-state index in [9.17, 15) is 9.59 Å². The maximum atomic E-state index is 12.2. The Balaban J connectivity index is 1.51. The lowest BCUT2D eigenvalue weighted by Gasteiger charge is -2.09. The first-order chi connectivity index (χ1) is 13.1. The standard InChI is InChI=1S/C20H21N3O4/c1-26-17-8-7-15(11-18(17)27-2)20(25)21-12-19(24)23-22-16-9-13-5-3-4-6-14(13)10-16/h3-8,11H,9-10,12H2,1-2H3,(H,21,25)(H,23,24). The van der Waals surface area contributed by atoms with E-state index in [-0.39, 0.29) is 18.4 Å². The van der Waals surface area contributed by atoms with Crippen molar-refractivity contribution < 1.29 is 19.1 Å². The summed E-state index contributed by atoms with van der Waals surface area (Å²) in [4.78, 5) is 24.2. The van der Waals surface area contributed by atoms with Gasteiger partial charge in [0.15, 0.2) is 11.5 Å². The highest BCUT2D eigenvalue weighted by Crippen LogP contribution is 2.27. The lowest BCUT2D eigenvalue weighted by Crippen LogP contribution is -2.35. The summed E-state index contributed by atoms with van der Waals surface area (Å²) in [6, 6.07) is 12.9. The van der Waals surface area contributed by atoms with Crippen LogP contribution in [0.2, 0.25) is 0 Å². The van der Waals surface area contributed by atoms with Crippen molar-refractivity contribution in [2.24, 2.45) is 5.10 Å². The van der Waals surface area contributed by atoms with Gasteiger partial charge in [-0.15, -0.1) is 0 Å². The number of carbonyl (C=O) groups is 2. The molecule has 0 unspecified atom stereocenters. The third-order valence-corrected chi connectivity index (χ3v) is 4.30. The molecule has 7 heteroatoms. The minimum absolute atomic E-state index is 0.170. The van der Waals surface area contributed by atoms with Crippen LogP contribution in [0.1, 0.15) is 21.5 Å². The van der Waals surface area contributed by atoms with Crippen LogP contribution in [0.5, 0.6) is 11.5 Å². The van der Waals surface area contributed by atoms with Crippen LogP contribution < -0.4 is 20.2 Å². The molecule has 0 radical (unpaired) electrons. The molecule has 0 atom stereocenters. The number of fused-ring (bicyclic) bond motifs is 1. The van der Waals surface area contributed by atoms with Crippen LogP contribution in [0.4, 0.5) is 0 Å². The van der Waals surface area contributed by atoms with Gasteiger partial charge in [-0.2, -0.15) is 5.10 Å². The third-order valence-electron chi connectivity index (χ3n) is 4.30. The van der Waals surface area contributed by atoms with E-state index in [0.29, 0.717) is 17.1 Å². The van der Waals surface area contributed by atoms with E-state index in [0.717, 1.165) is 18.6 Å². The smallest absolute Gasteiger partial charge is 0.259 e. The molecule has 0 fully saturated rings. The highest BCUT2D eigenvalue weighted by atomic mass is 16.5. The van der Waals surface area contributed by atoms with Crippen molar-refractivity contribution in [3.63, 3.8) is 0 Å². The SMILES string of the molecule is COc1ccc(C(=O)NCC(=O)NN=C2Cc3ccccc3C2)cc1OC. The fourth-order valence-electron chi connectivity index (χ4n) is 2.90. The Labute approximate surface area is 157 Å². The molecule has 0 saturated heterocycles. The van der Waals surface area contributed by atoms with Crippen molar-refractivity contribution in [2.45, 2.75) is 12.8 Å². The molecule has 2 amide bonds. The molecule has 0 heterocycles. The second-order valence-corrected chi connectivity index (χ2v) is 6.09. The largest absolute Gasteiger partial charge is 0.493 e. The highest BCUT2D eigenvalue weighted by molar-refractivity contribution is 5.97. The number of amides is 2. The van der Waals surface area contributed by atoms with Crippen LogP contribution in [-0.4, -0.2) is 38.3 Å². The van der Waals surface area contributed by atoms with Crippen LogP contribution >= 0.6 is 0 Å². The molecule has 7 nitrogen and oxygen atoms in total. The average Bonchev–Trinajstić information content (AvgIpc) is 3.12. The van der Waals surface area contributed by atoms with Crippen LogP contribution in [0, 0.1) is 0 Å².